The number of aliphatic hydroxyl groups is 1. The van der Waals surface area contributed by atoms with Gasteiger partial charge in [-0.25, -0.2) is 0 Å². The zero-order chi connectivity index (χ0) is 19.6. The summed E-state index contributed by atoms with van der Waals surface area (Å²) in [6.07, 6.45) is 9.09. The Balaban J connectivity index is 1.47. The van der Waals surface area contributed by atoms with Crippen molar-refractivity contribution in [3.05, 3.63) is 59.7 Å². The summed E-state index contributed by atoms with van der Waals surface area (Å²) >= 11 is 0. The van der Waals surface area contributed by atoms with Crippen molar-refractivity contribution in [3.63, 3.8) is 0 Å². The second kappa shape index (κ2) is 7.87. The van der Waals surface area contributed by atoms with Crippen LogP contribution in [0.25, 0.3) is 0 Å². The third-order valence-corrected chi connectivity index (χ3v) is 6.13. The summed E-state index contributed by atoms with van der Waals surface area (Å²) in [6, 6.07) is 16.8. The minimum atomic E-state index is -0.758. The van der Waals surface area contributed by atoms with E-state index < -0.39 is 5.60 Å². The highest BCUT2D eigenvalue weighted by Gasteiger charge is 2.48. The molecule has 2 bridgehead atoms. The number of terminal acetylenes is 1. The molecular formula is C24H27NO3. The molecule has 0 aliphatic carbocycles. The van der Waals surface area contributed by atoms with Gasteiger partial charge in [-0.3, -0.25) is 4.90 Å². The fourth-order valence-electron chi connectivity index (χ4n) is 4.78. The van der Waals surface area contributed by atoms with Crippen molar-refractivity contribution in [3.8, 4) is 23.8 Å². The van der Waals surface area contributed by atoms with Gasteiger partial charge < -0.3 is 14.6 Å². The molecule has 0 amide bonds. The molecule has 2 atom stereocenters. The van der Waals surface area contributed by atoms with Crippen LogP contribution in [0, 0.1) is 12.3 Å². The number of rotatable bonds is 6. The Morgan fingerprint density at radius 1 is 1.11 bits per heavy atom. The van der Waals surface area contributed by atoms with Crippen molar-refractivity contribution in [2.24, 2.45) is 0 Å². The molecule has 4 rings (SSSR count). The zero-order valence-corrected chi connectivity index (χ0v) is 16.3. The number of piperidine rings is 1. The molecule has 1 N–H and O–H groups in total. The SMILES string of the molecule is C#CCOc1cccc(CN2C3CCC2CC(O)(c2ccc(OC)cc2)C3)c1. The predicted octanol–water partition coefficient (Wildman–Crippen LogP) is 3.72. The van der Waals surface area contributed by atoms with E-state index >= 15 is 0 Å². The Morgan fingerprint density at radius 3 is 2.46 bits per heavy atom. The Bertz CT molecular complexity index is 841. The minimum Gasteiger partial charge on any atom is -0.497 e. The van der Waals surface area contributed by atoms with Crippen LogP contribution in [0.1, 0.15) is 36.8 Å². The molecule has 4 heteroatoms. The quantitative estimate of drug-likeness (QED) is 0.779. The lowest BCUT2D eigenvalue weighted by molar-refractivity contribution is -0.0595. The van der Waals surface area contributed by atoms with Crippen molar-refractivity contribution in [1.29, 1.82) is 0 Å². The number of ether oxygens (including phenoxy) is 2. The van der Waals surface area contributed by atoms with E-state index in [2.05, 4.69) is 23.0 Å². The minimum absolute atomic E-state index is 0.285. The van der Waals surface area contributed by atoms with Crippen LogP contribution < -0.4 is 9.47 Å². The largest absolute Gasteiger partial charge is 0.497 e. The van der Waals surface area contributed by atoms with Crippen molar-refractivity contribution in [2.75, 3.05) is 13.7 Å². The standard InChI is InChI=1S/C24H27NO3/c1-3-13-28-23-6-4-5-18(14-23)17-25-20-9-10-21(25)16-24(26,15-20)19-7-11-22(27-2)12-8-19/h1,4-8,11-12,14,20-21,26H,9-10,13,15-17H2,2H3. The molecule has 2 saturated heterocycles. The summed E-state index contributed by atoms with van der Waals surface area (Å²) in [4.78, 5) is 2.55. The van der Waals surface area contributed by atoms with Crippen LogP contribution in [-0.2, 0) is 12.1 Å². The smallest absolute Gasteiger partial charge is 0.148 e. The highest BCUT2D eigenvalue weighted by molar-refractivity contribution is 5.33. The number of benzene rings is 2. The molecular weight excluding hydrogens is 350 g/mol. The lowest BCUT2D eigenvalue weighted by atomic mass is 9.80. The lowest BCUT2D eigenvalue weighted by Gasteiger charge is -2.44. The molecule has 4 nitrogen and oxygen atoms in total. The molecule has 2 fully saturated rings. The van der Waals surface area contributed by atoms with Gasteiger partial charge in [0.05, 0.1) is 12.7 Å². The third-order valence-electron chi connectivity index (χ3n) is 6.13. The summed E-state index contributed by atoms with van der Waals surface area (Å²) in [5.41, 5.74) is 1.46. The van der Waals surface area contributed by atoms with Gasteiger partial charge in [0.2, 0.25) is 0 Å². The first-order valence-corrected chi connectivity index (χ1v) is 9.89. The molecule has 2 aliphatic heterocycles. The number of hydrogen-bond donors (Lipinski definition) is 1. The number of nitrogens with zero attached hydrogens (tertiary/aromatic N) is 1. The van der Waals surface area contributed by atoms with E-state index in [4.69, 9.17) is 15.9 Å². The number of fused-ring (bicyclic) bond motifs is 2. The summed E-state index contributed by atoms with van der Waals surface area (Å²) in [6.45, 7) is 1.16. The van der Waals surface area contributed by atoms with Crippen molar-refractivity contribution in [2.45, 2.75) is 49.9 Å². The molecule has 0 saturated carbocycles. The van der Waals surface area contributed by atoms with Gasteiger partial charge >= 0.3 is 0 Å². The Labute approximate surface area is 167 Å². The van der Waals surface area contributed by atoms with Gasteiger partial charge in [-0.2, -0.15) is 0 Å². The average molecular weight is 377 g/mol. The number of methoxy groups -OCH3 is 1. The maximum Gasteiger partial charge on any atom is 0.148 e. The lowest BCUT2D eigenvalue weighted by Crippen LogP contribution is -2.49. The molecule has 2 heterocycles. The molecule has 0 aromatic heterocycles. The molecule has 2 aromatic carbocycles. The third kappa shape index (κ3) is 3.73. The molecule has 2 aliphatic rings. The van der Waals surface area contributed by atoms with Gasteiger partial charge in [-0.1, -0.05) is 30.2 Å². The summed E-state index contributed by atoms with van der Waals surface area (Å²) < 4.78 is 10.8. The monoisotopic (exact) mass is 377 g/mol. The van der Waals surface area contributed by atoms with Crippen LogP contribution in [0.3, 0.4) is 0 Å². The highest BCUT2D eigenvalue weighted by Crippen LogP contribution is 2.46. The Kier molecular flexibility index (Phi) is 5.30. The fourth-order valence-corrected chi connectivity index (χ4v) is 4.78. The van der Waals surface area contributed by atoms with E-state index in [1.807, 2.05) is 36.4 Å². The normalized spacial score (nSPS) is 26.6. The first-order chi connectivity index (χ1) is 13.6. The number of hydrogen-bond acceptors (Lipinski definition) is 4. The van der Waals surface area contributed by atoms with E-state index in [0.29, 0.717) is 12.1 Å². The second-order valence-corrected chi connectivity index (χ2v) is 7.87. The fraction of sp³-hybridized carbons (Fsp3) is 0.417. The van der Waals surface area contributed by atoms with Crippen molar-refractivity contribution in [1.82, 2.24) is 4.90 Å². The van der Waals surface area contributed by atoms with Gasteiger partial charge in [-0.15, -0.1) is 6.42 Å². The molecule has 2 unspecified atom stereocenters. The summed E-state index contributed by atoms with van der Waals surface area (Å²) in [7, 11) is 1.66. The van der Waals surface area contributed by atoms with Crippen LogP contribution in [-0.4, -0.2) is 35.8 Å². The maximum atomic E-state index is 11.4. The van der Waals surface area contributed by atoms with E-state index in [0.717, 1.165) is 49.3 Å². The maximum absolute atomic E-state index is 11.4. The van der Waals surface area contributed by atoms with Gasteiger partial charge in [0.1, 0.15) is 18.1 Å². The average Bonchev–Trinajstić information content (AvgIpc) is 2.96. The van der Waals surface area contributed by atoms with Gasteiger partial charge in [0, 0.05) is 18.6 Å². The highest BCUT2D eigenvalue weighted by atomic mass is 16.5. The summed E-state index contributed by atoms with van der Waals surface area (Å²) in [5.74, 6) is 4.14. The Hall–Kier alpha value is -2.48. The van der Waals surface area contributed by atoms with Crippen LogP contribution in [0.4, 0.5) is 0 Å². The molecule has 0 spiro atoms. The van der Waals surface area contributed by atoms with Crippen LogP contribution in [0.2, 0.25) is 0 Å². The van der Waals surface area contributed by atoms with Crippen LogP contribution >= 0.6 is 0 Å². The predicted molar refractivity (Wildman–Crippen MR) is 109 cm³/mol. The zero-order valence-electron chi connectivity index (χ0n) is 16.3. The molecule has 146 valence electrons. The van der Waals surface area contributed by atoms with E-state index in [1.165, 1.54) is 5.56 Å². The first-order valence-electron chi connectivity index (χ1n) is 9.89. The van der Waals surface area contributed by atoms with E-state index in [9.17, 15) is 5.11 Å². The van der Waals surface area contributed by atoms with Crippen molar-refractivity contribution < 1.29 is 14.6 Å². The Morgan fingerprint density at radius 2 is 1.82 bits per heavy atom. The second-order valence-electron chi connectivity index (χ2n) is 7.87. The van der Waals surface area contributed by atoms with E-state index in [-0.39, 0.29) is 6.61 Å². The van der Waals surface area contributed by atoms with Gasteiger partial charge in [-0.05, 0) is 61.1 Å². The van der Waals surface area contributed by atoms with Crippen LogP contribution in [0.15, 0.2) is 48.5 Å². The van der Waals surface area contributed by atoms with Gasteiger partial charge in [0.25, 0.3) is 0 Å². The molecule has 0 radical (unpaired) electrons. The molecule has 28 heavy (non-hydrogen) atoms. The van der Waals surface area contributed by atoms with E-state index in [1.54, 1.807) is 7.11 Å². The van der Waals surface area contributed by atoms with Gasteiger partial charge in [0.15, 0.2) is 0 Å². The van der Waals surface area contributed by atoms with Crippen LogP contribution in [0.5, 0.6) is 11.5 Å². The van der Waals surface area contributed by atoms with Crippen molar-refractivity contribution >= 4 is 0 Å². The summed E-state index contributed by atoms with van der Waals surface area (Å²) in [5, 5.41) is 11.4. The first kappa shape index (κ1) is 18.9. The topological polar surface area (TPSA) is 41.9 Å². The molecule has 2 aromatic rings.